The first kappa shape index (κ1) is 20.8. The van der Waals surface area contributed by atoms with Crippen LogP contribution in [-0.2, 0) is 4.79 Å². The van der Waals surface area contributed by atoms with Crippen molar-refractivity contribution in [1.29, 1.82) is 5.26 Å². The predicted molar refractivity (Wildman–Crippen MR) is 109 cm³/mol. The molecule has 0 atom stereocenters. The van der Waals surface area contributed by atoms with Gasteiger partial charge in [0.25, 0.3) is 5.91 Å². The zero-order valence-corrected chi connectivity index (χ0v) is 16.3. The Morgan fingerprint density at radius 3 is 2.43 bits per heavy atom. The highest BCUT2D eigenvalue weighted by Gasteiger charge is 2.12. The molecule has 6 nitrogen and oxygen atoms in total. The molecule has 0 aliphatic heterocycles. The summed E-state index contributed by atoms with van der Waals surface area (Å²) >= 11 is 0. The molecule has 0 aromatic heterocycles. The number of unbranched alkanes of at least 4 members (excludes halogenated alkanes) is 1. The molecule has 0 bridgehead atoms. The summed E-state index contributed by atoms with van der Waals surface area (Å²) in [6.07, 6.45) is 3.60. The molecule has 1 amide bonds. The molecule has 0 unspecified atom stereocenters. The number of benzene rings is 2. The summed E-state index contributed by atoms with van der Waals surface area (Å²) < 4.78 is 16.0. The second kappa shape index (κ2) is 10.6. The fourth-order valence-electron chi connectivity index (χ4n) is 2.42. The summed E-state index contributed by atoms with van der Waals surface area (Å²) in [4.78, 5) is 12.4. The van der Waals surface area contributed by atoms with Gasteiger partial charge in [-0.25, -0.2) is 0 Å². The molecule has 146 valence electrons. The Morgan fingerprint density at radius 1 is 1.11 bits per heavy atom. The van der Waals surface area contributed by atoms with E-state index in [0.29, 0.717) is 23.8 Å². The third-order valence-electron chi connectivity index (χ3n) is 3.96. The highest BCUT2D eigenvalue weighted by molar-refractivity contribution is 6.09. The Bertz CT molecular complexity index is 867. The topological polar surface area (TPSA) is 80.6 Å². The van der Waals surface area contributed by atoms with Gasteiger partial charge in [-0.3, -0.25) is 4.79 Å². The highest BCUT2D eigenvalue weighted by atomic mass is 16.5. The fraction of sp³-hybridized carbons (Fsp3) is 0.273. The zero-order valence-electron chi connectivity index (χ0n) is 16.3. The minimum atomic E-state index is -0.502. The number of rotatable bonds is 9. The second-order valence-electron chi connectivity index (χ2n) is 5.96. The minimum Gasteiger partial charge on any atom is -0.494 e. The van der Waals surface area contributed by atoms with Gasteiger partial charge in [0.2, 0.25) is 0 Å². The van der Waals surface area contributed by atoms with Gasteiger partial charge in [0, 0.05) is 11.8 Å². The highest BCUT2D eigenvalue weighted by Crippen LogP contribution is 2.30. The van der Waals surface area contributed by atoms with Crippen molar-refractivity contribution < 1.29 is 19.0 Å². The number of nitrogens with one attached hydrogen (secondary N) is 1. The lowest BCUT2D eigenvalue weighted by molar-refractivity contribution is -0.112. The number of anilines is 1. The van der Waals surface area contributed by atoms with E-state index in [1.54, 1.807) is 18.2 Å². The van der Waals surface area contributed by atoms with Gasteiger partial charge >= 0.3 is 0 Å². The lowest BCUT2D eigenvalue weighted by Gasteiger charge is -2.10. The minimum absolute atomic E-state index is 0.00515. The van der Waals surface area contributed by atoms with Crippen LogP contribution in [0, 0.1) is 11.3 Å². The molecule has 2 rings (SSSR count). The van der Waals surface area contributed by atoms with E-state index in [-0.39, 0.29) is 5.57 Å². The van der Waals surface area contributed by atoms with Crippen molar-refractivity contribution in [1.82, 2.24) is 0 Å². The summed E-state index contributed by atoms with van der Waals surface area (Å²) in [5.41, 5.74) is 1.24. The molecule has 0 spiro atoms. The molecule has 0 saturated carbocycles. The number of carbonyl (C=O) groups excluding carboxylic acids is 1. The number of methoxy groups -OCH3 is 2. The van der Waals surface area contributed by atoms with Crippen LogP contribution in [0.1, 0.15) is 25.3 Å². The Kier molecular flexibility index (Phi) is 7.92. The number of ether oxygens (including phenoxy) is 3. The van der Waals surface area contributed by atoms with Crippen LogP contribution in [0.4, 0.5) is 5.69 Å². The largest absolute Gasteiger partial charge is 0.494 e. The van der Waals surface area contributed by atoms with Crippen LogP contribution >= 0.6 is 0 Å². The molecule has 28 heavy (non-hydrogen) atoms. The van der Waals surface area contributed by atoms with Gasteiger partial charge in [-0.15, -0.1) is 0 Å². The summed E-state index contributed by atoms with van der Waals surface area (Å²) in [5, 5.41) is 12.1. The maximum atomic E-state index is 12.4. The smallest absolute Gasteiger partial charge is 0.266 e. The van der Waals surface area contributed by atoms with E-state index in [0.717, 1.165) is 24.2 Å². The molecule has 0 radical (unpaired) electrons. The quantitative estimate of drug-likeness (QED) is 0.395. The van der Waals surface area contributed by atoms with Gasteiger partial charge in [0.15, 0.2) is 11.5 Å². The second-order valence-corrected chi connectivity index (χ2v) is 5.96. The van der Waals surface area contributed by atoms with Crippen LogP contribution in [-0.4, -0.2) is 26.7 Å². The third-order valence-corrected chi connectivity index (χ3v) is 3.96. The maximum absolute atomic E-state index is 12.4. The van der Waals surface area contributed by atoms with Gasteiger partial charge < -0.3 is 19.5 Å². The van der Waals surface area contributed by atoms with Crippen LogP contribution in [0.2, 0.25) is 0 Å². The molecule has 6 heteroatoms. The Balaban J connectivity index is 2.09. The molecule has 0 aliphatic carbocycles. The average molecular weight is 380 g/mol. The number of carbonyl (C=O) groups is 1. The van der Waals surface area contributed by atoms with Gasteiger partial charge in [-0.2, -0.15) is 5.26 Å². The maximum Gasteiger partial charge on any atom is 0.266 e. The monoisotopic (exact) mass is 380 g/mol. The first-order valence-electron chi connectivity index (χ1n) is 8.99. The molecule has 0 saturated heterocycles. The lowest BCUT2D eigenvalue weighted by atomic mass is 10.1. The first-order valence-corrected chi connectivity index (χ1v) is 8.99. The van der Waals surface area contributed by atoms with Gasteiger partial charge in [0.1, 0.15) is 17.4 Å². The SMILES string of the molecule is CCCCOc1ccc(/C=C(\C#N)C(=O)Nc2ccc(OC)c(OC)c2)cc1. The Hall–Kier alpha value is -3.46. The lowest BCUT2D eigenvalue weighted by Crippen LogP contribution is -2.13. The van der Waals surface area contributed by atoms with E-state index in [9.17, 15) is 10.1 Å². The average Bonchev–Trinajstić information content (AvgIpc) is 2.73. The van der Waals surface area contributed by atoms with Gasteiger partial charge in [-0.1, -0.05) is 25.5 Å². The van der Waals surface area contributed by atoms with E-state index < -0.39 is 5.91 Å². The van der Waals surface area contributed by atoms with E-state index in [1.165, 1.54) is 20.3 Å². The summed E-state index contributed by atoms with van der Waals surface area (Å²) in [7, 11) is 3.05. The van der Waals surface area contributed by atoms with E-state index in [4.69, 9.17) is 14.2 Å². The van der Waals surface area contributed by atoms with E-state index in [1.807, 2.05) is 30.3 Å². The molecular formula is C22H24N2O4. The van der Waals surface area contributed by atoms with Crippen molar-refractivity contribution in [2.75, 3.05) is 26.1 Å². The van der Waals surface area contributed by atoms with Crippen molar-refractivity contribution in [3.63, 3.8) is 0 Å². The summed E-state index contributed by atoms with van der Waals surface area (Å²) in [6.45, 7) is 2.77. The molecule has 0 aliphatic rings. The number of nitriles is 1. The zero-order chi connectivity index (χ0) is 20.4. The van der Waals surface area contributed by atoms with Crippen molar-refractivity contribution in [3.05, 3.63) is 53.6 Å². The van der Waals surface area contributed by atoms with Crippen LogP contribution in [0.15, 0.2) is 48.0 Å². The molecular weight excluding hydrogens is 356 g/mol. The Morgan fingerprint density at radius 2 is 1.82 bits per heavy atom. The molecule has 2 aromatic carbocycles. The molecule has 0 heterocycles. The molecule has 2 aromatic rings. The fourth-order valence-corrected chi connectivity index (χ4v) is 2.42. The van der Waals surface area contributed by atoms with Crippen molar-refractivity contribution in [2.24, 2.45) is 0 Å². The standard InChI is InChI=1S/C22H24N2O4/c1-4-5-12-28-19-9-6-16(7-10-19)13-17(15-23)22(25)24-18-8-11-20(26-2)21(14-18)27-3/h6-11,13-14H,4-5,12H2,1-3H3,(H,24,25)/b17-13+. The van der Waals surface area contributed by atoms with Crippen LogP contribution in [0.25, 0.3) is 6.08 Å². The number of nitrogens with zero attached hydrogens (tertiary/aromatic N) is 1. The Labute approximate surface area is 165 Å². The third kappa shape index (κ3) is 5.78. The number of hydrogen-bond donors (Lipinski definition) is 1. The number of hydrogen-bond acceptors (Lipinski definition) is 5. The van der Waals surface area contributed by atoms with Crippen LogP contribution in [0.5, 0.6) is 17.2 Å². The predicted octanol–water partition coefficient (Wildman–Crippen LogP) is 4.43. The van der Waals surface area contributed by atoms with Crippen LogP contribution < -0.4 is 19.5 Å². The first-order chi connectivity index (χ1) is 13.6. The van der Waals surface area contributed by atoms with Crippen molar-refractivity contribution >= 4 is 17.7 Å². The number of amides is 1. The van der Waals surface area contributed by atoms with Gasteiger partial charge in [-0.05, 0) is 42.3 Å². The molecule has 1 N–H and O–H groups in total. The van der Waals surface area contributed by atoms with Crippen molar-refractivity contribution in [3.8, 4) is 23.3 Å². The normalized spacial score (nSPS) is 10.7. The van der Waals surface area contributed by atoms with Crippen LogP contribution in [0.3, 0.4) is 0 Å². The van der Waals surface area contributed by atoms with Crippen molar-refractivity contribution in [2.45, 2.75) is 19.8 Å². The summed E-state index contributed by atoms with van der Waals surface area (Å²) in [6, 6.07) is 14.2. The van der Waals surface area contributed by atoms with E-state index in [2.05, 4.69) is 12.2 Å². The molecule has 0 fully saturated rings. The van der Waals surface area contributed by atoms with Gasteiger partial charge in [0.05, 0.1) is 20.8 Å². The summed E-state index contributed by atoms with van der Waals surface area (Å²) in [5.74, 6) is 1.30. The van der Waals surface area contributed by atoms with E-state index >= 15 is 0 Å².